The summed E-state index contributed by atoms with van der Waals surface area (Å²) in [6, 6.07) is 7.67. The van der Waals surface area contributed by atoms with Crippen molar-refractivity contribution in [2.24, 2.45) is 0 Å². The Morgan fingerprint density at radius 3 is 2.88 bits per heavy atom. The van der Waals surface area contributed by atoms with E-state index in [2.05, 4.69) is 0 Å². The Morgan fingerprint density at radius 1 is 1.33 bits per heavy atom. The molecule has 0 bridgehead atoms. The number of esters is 1. The van der Waals surface area contributed by atoms with Gasteiger partial charge in [-0.05, 0) is 18.9 Å². The highest BCUT2D eigenvalue weighted by atomic mass is 32.2. The molecule has 0 saturated carbocycles. The number of benzene rings is 1. The highest BCUT2D eigenvalue weighted by Gasteiger charge is 2.33. The maximum atomic E-state index is 12.1. The minimum atomic E-state index is -0.299. The minimum Gasteiger partial charge on any atom is -0.457 e. The van der Waals surface area contributed by atoms with Gasteiger partial charge in [-0.1, -0.05) is 18.2 Å². The van der Waals surface area contributed by atoms with Crippen LogP contribution in [0.3, 0.4) is 0 Å². The summed E-state index contributed by atoms with van der Waals surface area (Å²) in [5, 5.41) is 0. The number of fused-ring (bicyclic) bond motifs is 1. The zero-order valence-corrected chi connectivity index (χ0v) is 14.4. The molecule has 0 spiro atoms. The molecule has 0 unspecified atom stereocenters. The number of imide groups is 1. The number of nitrogens with zero attached hydrogens (tertiary/aromatic N) is 2. The van der Waals surface area contributed by atoms with E-state index in [1.54, 1.807) is 18.8 Å². The van der Waals surface area contributed by atoms with E-state index < -0.39 is 0 Å². The molecule has 2 aliphatic rings. The second-order valence-corrected chi connectivity index (χ2v) is 7.08. The molecular weight excluding hydrogens is 328 g/mol. The molecule has 0 radical (unpaired) electrons. The van der Waals surface area contributed by atoms with Crippen LogP contribution in [0, 0.1) is 0 Å². The van der Waals surface area contributed by atoms with Gasteiger partial charge < -0.3 is 9.64 Å². The van der Waals surface area contributed by atoms with Gasteiger partial charge in [0.1, 0.15) is 12.6 Å². The lowest BCUT2D eigenvalue weighted by Gasteiger charge is -2.25. The van der Waals surface area contributed by atoms with Gasteiger partial charge in [0.15, 0.2) is 0 Å². The Kier molecular flexibility index (Phi) is 5.08. The third-order valence-electron chi connectivity index (χ3n) is 4.17. The SMILES string of the molecule is CN1CC(=O)N(CCCC(=O)O[C@H]2CCSc3ccccc32)C1=O. The number of thioether (sulfide) groups is 1. The van der Waals surface area contributed by atoms with E-state index in [1.165, 1.54) is 9.80 Å². The predicted molar refractivity (Wildman–Crippen MR) is 89.6 cm³/mol. The number of rotatable bonds is 5. The quantitative estimate of drug-likeness (QED) is 0.604. The Labute approximate surface area is 145 Å². The van der Waals surface area contributed by atoms with Crippen molar-refractivity contribution in [2.75, 3.05) is 25.9 Å². The molecule has 6 nitrogen and oxygen atoms in total. The number of amides is 3. The Morgan fingerprint density at radius 2 is 2.12 bits per heavy atom. The molecule has 24 heavy (non-hydrogen) atoms. The number of carbonyl (C=O) groups excluding carboxylic acids is 3. The summed E-state index contributed by atoms with van der Waals surface area (Å²) in [5.41, 5.74) is 1.06. The van der Waals surface area contributed by atoms with Crippen LogP contribution < -0.4 is 0 Å². The number of urea groups is 1. The van der Waals surface area contributed by atoms with Gasteiger partial charge in [0, 0.05) is 36.2 Å². The van der Waals surface area contributed by atoms with E-state index in [0.29, 0.717) is 6.42 Å². The van der Waals surface area contributed by atoms with Crippen molar-refractivity contribution in [2.45, 2.75) is 30.3 Å². The van der Waals surface area contributed by atoms with E-state index in [-0.39, 0.29) is 43.5 Å². The van der Waals surface area contributed by atoms with Crippen LogP contribution in [-0.2, 0) is 14.3 Å². The molecule has 1 aromatic rings. The Hall–Kier alpha value is -2.02. The monoisotopic (exact) mass is 348 g/mol. The average Bonchev–Trinajstić information content (AvgIpc) is 2.81. The van der Waals surface area contributed by atoms with Gasteiger partial charge in [-0.3, -0.25) is 14.5 Å². The summed E-state index contributed by atoms with van der Waals surface area (Å²) in [7, 11) is 1.59. The van der Waals surface area contributed by atoms with Crippen LogP contribution in [0.15, 0.2) is 29.2 Å². The minimum absolute atomic E-state index is 0.111. The van der Waals surface area contributed by atoms with Crippen molar-refractivity contribution in [3.05, 3.63) is 29.8 Å². The van der Waals surface area contributed by atoms with E-state index in [4.69, 9.17) is 4.74 Å². The molecular formula is C17H20N2O4S. The molecule has 1 fully saturated rings. The molecule has 2 heterocycles. The van der Waals surface area contributed by atoms with Gasteiger partial charge in [-0.25, -0.2) is 4.79 Å². The van der Waals surface area contributed by atoms with Crippen LogP contribution in [0.25, 0.3) is 0 Å². The van der Waals surface area contributed by atoms with E-state index >= 15 is 0 Å². The first-order valence-electron chi connectivity index (χ1n) is 8.03. The van der Waals surface area contributed by atoms with Crippen molar-refractivity contribution in [3.63, 3.8) is 0 Å². The number of hydrogen-bond donors (Lipinski definition) is 0. The fourth-order valence-electron chi connectivity index (χ4n) is 2.92. The van der Waals surface area contributed by atoms with Crippen molar-refractivity contribution in [1.82, 2.24) is 9.80 Å². The molecule has 2 aliphatic heterocycles. The number of likely N-dealkylation sites (N-methyl/N-ethyl adjacent to an activating group) is 1. The van der Waals surface area contributed by atoms with Crippen LogP contribution in [0.2, 0.25) is 0 Å². The van der Waals surface area contributed by atoms with Gasteiger partial charge in [0.25, 0.3) is 0 Å². The summed E-state index contributed by atoms with van der Waals surface area (Å²) in [6.45, 7) is 0.369. The van der Waals surface area contributed by atoms with Crippen molar-refractivity contribution in [1.29, 1.82) is 0 Å². The van der Waals surface area contributed by atoms with Gasteiger partial charge in [-0.15, -0.1) is 11.8 Å². The first kappa shape index (κ1) is 16.8. The molecule has 3 amide bonds. The summed E-state index contributed by atoms with van der Waals surface area (Å²) >= 11 is 1.78. The molecule has 1 saturated heterocycles. The van der Waals surface area contributed by atoms with Crippen LogP contribution in [0.1, 0.15) is 30.9 Å². The fourth-order valence-corrected chi connectivity index (χ4v) is 4.01. The summed E-state index contributed by atoms with van der Waals surface area (Å²) in [5.74, 6) is 0.432. The van der Waals surface area contributed by atoms with Crippen molar-refractivity contribution < 1.29 is 19.1 Å². The van der Waals surface area contributed by atoms with Gasteiger partial charge in [0.05, 0.1) is 0 Å². The van der Waals surface area contributed by atoms with Gasteiger partial charge >= 0.3 is 12.0 Å². The third kappa shape index (κ3) is 3.56. The zero-order chi connectivity index (χ0) is 17.1. The van der Waals surface area contributed by atoms with Gasteiger partial charge in [0.2, 0.25) is 5.91 Å². The van der Waals surface area contributed by atoms with Crippen molar-refractivity contribution in [3.8, 4) is 0 Å². The molecule has 1 atom stereocenters. The third-order valence-corrected chi connectivity index (χ3v) is 5.29. The Balaban J connectivity index is 1.49. The second-order valence-electron chi connectivity index (χ2n) is 5.94. The van der Waals surface area contributed by atoms with Gasteiger partial charge in [-0.2, -0.15) is 0 Å². The number of ether oxygens (including phenoxy) is 1. The molecule has 0 aliphatic carbocycles. The normalized spacial score (nSPS) is 20.3. The number of hydrogen-bond acceptors (Lipinski definition) is 5. The molecule has 3 rings (SSSR count). The maximum absolute atomic E-state index is 12.1. The standard InChI is InChI=1S/C17H20N2O4S/c1-18-11-15(20)19(17(18)22)9-4-7-16(21)23-13-8-10-24-14-6-3-2-5-12(13)14/h2-3,5-6,13H,4,7-11H2,1H3/t13-/m0/s1. The summed E-state index contributed by atoms with van der Waals surface area (Å²) in [6.07, 6.45) is 1.23. The first-order valence-corrected chi connectivity index (χ1v) is 9.01. The van der Waals surface area contributed by atoms with E-state index in [0.717, 1.165) is 22.6 Å². The zero-order valence-electron chi connectivity index (χ0n) is 13.6. The fraction of sp³-hybridized carbons (Fsp3) is 0.471. The van der Waals surface area contributed by atoms with E-state index in [9.17, 15) is 14.4 Å². The highest BCUT2D eigenvalue weighted by molar-refractivity contribution is 7.99. The lowest BCUT2D eigenvalue weighted by molar-refractivity contribution is -0.150. The Bertz CT molecular complexity index is 664. The summed E-state index contributed by atoms with van der Waals surface area (Å²) < 4.78 is 5.61. The second kappa shape index (κ2) is 7.25. The lowest BCUT2D eigenvalue weighted by Crippen LogP contribution is -2.32. The maximum Gasteiger partial charge on any atom is 0.326 e. The molecule has 128 valence electrons. The molecule has 7 heteroatoms. The molecule has 0 aromatic heterocycles. The van der Waals surface area contributed by atoms with E-state index in [1.807, 2.05) is 24.3 Å². The number of carbonyl (C=O) groups is 3. The highest BCUT2D eigenvalue weighted by Crippen LogP contribution is 2.38. The molecule has 1 aromatic carbocycles. The largest absolute Gasteiger partial charge is 0.457 e. The lowest BCUT2D eigenvalue weighted by atomic mass is 10.1. The topological polar surface area (TPSA) is 66.9 Å². The average molecular weight is 348 g/mol. The van der Waals surface area contributed by atoms with Crippen LogP contribution >= 0.6 is 11.8 Å². The predicted octanol–water partition coefficient (Wildman–Crippen LogP) is 2.44. The van der Waals surface area contributed by atoms with Crippen LogP contribution in [-0.4, -0.2) is 53.6 Å². The van der Waals surface area contributed by atoms with Crippen LogP contribution in [0.4, 0.5) is 4.79 Å². The first-order chi connectivity index (χ1) is 11.6. The molecule has 0 N–H and O–H groups in total. The van der Waals surface area contributed by atoms with Crippen LogP contribution in [0.5, 0.6) is 0 Å². The summed E-state index contributed by atoms with van der Waals surface area (Å²) in [4.78, 5) is 39.3. The smallest absolute Gasteiger partial charge is 0.326 e. The van der Waals surface area contributed by atoms with Crippen molar-refractivity contribution >= 4 is 29.7 Å².